The van der Waals surface area contributed by atoms with Gasteiger partial charge >= 0.3 is 8.56 Å². The molecule has 0 saturated carbocycles. The highest BCUT2D eigenvalue weighted by Gasteiger charge is 2.60. The Morgan fingerprint density at radius 2 is 1.10 bits per heavy atom. The van der Waals surface area contributed by atoms with E-state index in [1.54, 1.807) is 0 Å². The van der Waals surface area contributed by atoms with Crippen LogP contribution in [-0.4, -0.2) is 25.2 Å². The summed E-state index contributed by atoms with van der Waals surface area (Å²) in [4.78, 5) is 0. The summed E-state index contributed by atoms with van der Waals surface area (Å²) in [6.45, 7) is 25.9. The first-order valence-corrected chi connectivity index (χ1v) is 14.5. The number of hydrogen-bond acceptors (Lipinski definition) is 2. The van der Waals surface area contributed by atoms with E-state index in [0.717, 1.165) is 5.67 Å². The second-order valence-electron chi connectivity index (χ2n) is 7.09. The third-order valence-electron chi connectivity index (χ3n) is 4.99. The van der Waals surface area contributed by atoms with Crippen molar-refractivity contribution in [2.45, 2.75) is 63.8 Å². The smallest absolute Gasteiger partial charge is 0.347 e. The highest BCUT2D eigenvalue weighted by molar-refractivity contribution is 7.07. The third-order valence-corrected chi connectivity index (χ3v) is 22.5. The van der Waals surface area contributed by atoms with Crippen LogP contribution >= 0.6 is 0 Å². The summed E-state index contributed by atoms with van der Waals surface area (Å²) in [5.41, 5.74) is 8.66. The third kappa shape index (κ3) is 3.12. The van der Waals surface area contributed by atoms with E-state index in [9.17, 15) is 0 Å². The molecule has 2 unspecified atom stereocenters. The fourth-order valence-corrected chi connectivity index (χ4v) is 24.6. The Kier molecular flexibility index (Phi) is 5.83. The highest BCUT2D eigenvalue weighted by atomic mass is 28.5. The Morgan fingerprint density at radius 3 is 1.29 bits per heavy atom. The molecule has 1 saturated heterocycles. The van der Waals surface area contributed by atoms with E-state index in [1.807, 2.05) is 5.70 Å². The summed E-state index contributed by atoms with van der Waals surface area (Å²) in [6.07, 6.45) is 0. The Bertz CT molecular complexity index is 348. The van der Waals surface area contributed by atoms with Crippen LogP contribution in [0.1, 0.15) is 41.5 Å². The van der Waals surface area contributed by atoms with Crippen molar-refractivity contribution in [1.29, 1.82) is 0 Å². The molecular formula is C16H32O2Si3. The molecule has 0 aromatic rings. The van der Waals surface area contributed by atoms with E-state index in [2.05, 4.69) is 72.7 Å². The minimum absolute atomic E-state index is 0.353. The zero-order valence-electron chi connectivity index (χ0n) is 14.6. The van der Waals surface area contributed by atoms with Gasteiger partial charge in [-0.1, -0.05) is 58.6 Å². The van der Waals surface area contributed by atoms with Gasteiger partial charge in [-0.05, 0) is 22.3 Å². The van der Waals surface area contributed by atoms with Crippen LogP contribution < -0.4 is 0 Å². The molecule has 0 aromatic heterocycles. The molecule has 1 aliphatic heterocycles. The number of hydrogen-bond donors (Lipinski definition) is 0. The predicted molar refractivity (Wildman–Crippen MR) is 100 cm³/mol. The monoisotopic (exact) mass is 340 g/mol. The van der Waals surface area contributed by atoms with E-state index in [0.29, 0.717) is 16.6 Å². The zero-order valence-corrected chi connectivity index (χ0v) is 17.6. The number of rotatable bonds is 6. The summed E-state index contributed by atoms with van der Waals surface area (Å²) >= 11 is 0. The van der Waals surface area contributed by atoms with Crippen molar-refractivity contribution in [3.8, 4) is 0 Å². The SMILES string of the molecule is C=C[Si]1(C(C)C)C[Si](C=C)(C(C)C)O[Si](C=C)(C(C)C)O1. The summed E-state index contributed by atoms with van der Waals surface area (Å²) in [5.74, 6) is 0. The maximum atomic E-state index is 6.80. The Balaban J connectivity index is 3.50. The van der Waals surface area contributed by atoms with Crippen molar-refractivity contribution in [3.63, 3.8) is 0 Å². The molecule has 120 valence electrons. The van der Waals surface area contributed by atoms with Gasteiger partial charge in [-0.25, -0.2) is 0 Å². The molecule has 0 amide bonds. The topological polar surface area (TPSA) is 18.5 Å². The molecule has 0 spiro atoms. The standard InChI is InChI=1S/C16H32O2Si3/c1-10-19(14(4)5)13-20(11-2,15(6)7)18-21(12-3,17-19)16(8)9/h10-12,14-16H,1-3,13H2,4-9H3. The molecule has 1 rings (SSSR count). The maximum Gasteiger partial charge on any atom is 0.347 e. The van der Waals surface area contributed by atoms with Crippen LogP contribution in [0.15, 0.2) is 36.8 Å². The summed E-state index contributed by atoms with van der Waals surface area (Å²) in [6, 6.07) is 0. The van der Waals surface area contributed by atoms with Crippen molar-refractivity contribution in [1.82, 2.24) is 0 Å². The van der Waals surface area contributed by atoms with Crippen LogP contribution in [-0.2, 0) is 8.23 Å². The minimum atomic E-state index is -2.43. The Labute approximate surface area is 134 Å². The van der Waals surface area contributed by atoms with Gasteiger partial charge in [0, 0.05) is 0 Å². The molecule has 0 N–H and O–H groups in total. The minimum Gasteiger partial charge on any atom is -0.429 e. The van der Waals surface area contributed by atoms with E-state index in [-0.39, 0.29) is 0 Å². The normalized spacial score (nSPS) is 37.0. The van der Waals surface area contributed by atoms with Gasteiger partial charge in [0.05, 0.1) is 0 Å². The highest BCUT2D eigenvalue weighted by Crippen LogP contribution is 2.48. The average molecular weight is 341 g/mol. The van der Waals surface area contributed by atoms with Crippen LogP contribution in [0, 0.1) is 0 Å². The lowest BCUT2D eigenvalue weighted by Crippen LogP contribution is -2.69. The molecule has 0 radical (unpaired) electrons. The van der Waals surface area contributed by atoms with Crippen molar-refractivity contribution >= 4 is 25.2 Å². The molecule has 1 aliphatic rings. The fraction of sp³-hybridized carbons (Fsp3) is 0.625. The quantitative estimate of drug-likeness (QED) is 0.610. The van der Waals surface area contributed by atoms with E-state index in [4.69, 9.17) is 8.23 Å². The zero-order chi connectivity index (χ0) is 16.5. The van der Waals surface area contributed by atoms with Crippen LogP contribution in [0.25, 0.3) is 0 Å². The van der Waals surface area contributed by atoms with Crippen LogP contribution in [0.3, 0.4) is 0 Å². The molecule has 1 fully saturated rings. The first-order valence-electron chi connectivity index (χ1n) is 7.94. The van der Waals surface area contributed by atoms with Gasteiger partial charge in [-0.3, -0.25) is 0 Å². The molecule has 0 aliphatic carbocycles. The van der Waals surface area contributed by atoms with E-state index < -0.39 is 25.2 Å². The Morgan fingerprint density at radius 1 is 0.714 bits per heavy atom. The summed E-state index contributed by atoms with van der Waals surface area (Å²) in [5, 5.41) is 0. The molecule has 21 heavy (non-hydrogen) atoms. The van der Waals surface area contributed by atoms with E-state index >= 15 is 0 Å². The lowest BCUT2D eigenvalue weighted by Gasteiger charge is -2.55. The largest absolute Gasteiger partial charge is 0.429 e. The van der Waals surface area contributed by atoms with E-state index in [1.165, 1.54) is 0 Å². The average Bonchev–Trinajstić information content (AvgIpc) is 2.45. The lowest BCUT2D eigenvalue weighted by atomic mass is 10.6. The molecule has 2 nitrogen and oxygen atoms in total. The van der Waals surface area contributed by atoms with Crippen molar-refractivity contribution < 1.29 is 8.23 Å². The van der Waals surface area contributed by atoms with Crippen molar-refractivity contribution in [2.24, 2.45) is 0 Å². The summed E-state index contributed by atoms with van der Waals surface area (Å²) in [7, 11) is -6.53. The Hall–Kier alpha value is -0.209. The lowest BCUT2D eigenvalue weighted by molar-refractivity contribution is 0.345. The second-order valence-corrected chi connectivity index (χ2v) is 20.1. The van der Waals surface area contributed by atoms with Gasteiger partial charge in [0.15, 0.2) is 0 Å². The molecule has 0 bridgehead atoms. The van der Waals surface area contributed by atoms with Gasteiger partial charge < -0.3 is 8.23 Å². The van der Waals surface area contributed by atoms with Gasteiger partial charge in [-0.2, -0.15) is 0 Å². The second kappa shape index (κ2) is 6.50. The molecule has 0 aromatic carbocycles. The molecule has 5 heteroatoms. The molecular weight excluding hydrogens is 308 g/mol. The molecule has 2 atom stereocenters. The van der Waals surface area contributed by atoms with Gasteiger partial charge in [-0.15, -0.1) is 19.7 Å². The van der Waals surface area contributed by atoms with Crippen molar-refractivity contribution in [3.05, 3.63) is 36.8 Å². The van der Waals surface area contributed by atoms with Gasteiger partial charge in [0.25, 0.3) is 0 Å². The molecule has 1 heterocycles. The van der Waals surface area contributed by atoms with Crippen LogP contribution in [0.2, 0.25) is 22.3 Å². The predicted octanol–water partition coefficient (Wildman–Crippen LogP) is 5.31. The van der Waals surface area contributed by atoms with Crippen molar-refractivity contribution in [2.75, 3.05) is 0 Å². The maximum absolute atomic E-state index is 6.80. The van der Waals surface area contributed by atoms with Crippen LogP contribution in [0.5, 0.6) is 0 Å². The first-order chi connectivity index (χ1) is 9.63. The first kappa shape index (κ1) is 18.8. The summed E-state index contributed by atoms with van der Waals surface area (Å²) < 4.78 is 13.6. The fourth-order valence-electron chi connectivity index (χ4n) is 3.02. The van der Waals surface area contributed by atoms with Crippen LogP contribution in [0.4, 0.5) is 0 Å². The van der Waals surface area contributed by atoms with Gasteiger partial charge in [0.2, 0.25) is 16.6 Å². The van der Waals surface area contributed by atoms with Gasteiger partial charge in [0.1, 0.15) is 0 Å².